The van der Waals surface area contributed by atoms with Crippen LogP contribution in [0.2, 0.25) is 0 Å². The Kier molecular flexibility index (Phi) is 6.57. The topological polar surface area (TPSA) is 55.8 Å². The van der Waals surface area contributed by atoms with Crippen molar-refractivity contribution in [2.45, 2.75) is 20.1 Å². The third kappa shape index (κ3) is 5.03. The predicted molar refractivity (Wildman–Crippen MR) is 75.0 cm³/mol. The Labute approximate surface area is 120 Å². The van der Waals surface area contributed by atoms with Crippen LogP contribution >= 0.6 is 15.9 Å². The van der Waals surface area contributed by atoms with E-state index in [1.54, 1.807) is 6.07 Å². The zero-order valence-electron chi connectivity index (χ0n) is 10.8. The Balaban J connectivity index is 2.86. The molecule has 0 bridgehead atoms. The largest absolute Gasteiger partial charge is 0.507 e. The van der Waals surface area contributed by atoms with Crippen LogP contribution in [-0.2, 0) is 9.47 Å². The first-order valence-electron chi connectivity index (χ1n) is 5.86. The summed E-state index contributed by atoms with van der Waals surface area (Å²) in [6, 6.07) is 4.59. The third-order valence-electron chi connectivity index (χ3n) is 2.14. The van der Waals surface area contributed by atoms with Crippen LogP contribution < -0.4 is 0 Å². The van der Waals surface area contributed by atoms with Gasteiger partial charge in [0.15, 0.2) is 0 Å². The van der Waals surface area contributed by atoms with Crippen LogP contribution in [0.1, 0.15) is 24.2 Å². The van der Waals surface area contributed by atoms with Gasteiger partial charge in [-0.1, -0.05) is 15.9 Å². The molecule has 0 saturated heterocycles. The van der Waals surface area contributed by atoms with Crippen molar-refractivity contribution in [3.05, 3.63) is 28.2 Å². The molecule has 0 aliphatic carbocycles. The molecule has 0 spiro atoms. The standard InChI is InChI=1S/C14H15BrO4/c1-3-18-14(19-4-2)8-7-13(17)11-9-10(15)5-6-12(11)16/h5-6,9,14,16H,3-4H2,1-2H3. The van der Waals surface area contributed by atoms with E-state index in [1.807, 2.05) is 13.8 Å². The molecule has 1 N–H and O–H groups in total. The van der Waals surface area contributed by atoms with E-state index in [1.165, 1.54) is 12.1 Å². The average Bonchev–Trinajstić information content (AvgIpc) is 2.39. The second-order valence-electron chi connectivity index (χ2n) is 3.50. The number of carbonyl (C=O) groups excluding carboxylic acids is 1. The molecular formula is C14H15BrO4. The summed E-state index contributed by atoms with van der Waals surface area (Å²) in [6.45, 7) is 4.51. The lowest BCUT2D eigenvalue weighted by molar-refractivity contribution is -0.0970. The van der Waals surface area contributed by atoms with Gasteiger partial charge >= 0.3 is 0 Å². The van der Waals surface area contributed by atoms with E-state index < -0.39 is 12.1 Å². The number of rotatable bonds is 5. The third-order valence-corrected chi connectivity index (χ3v) is 2.64. The summed E-state index contributed by atoms with van der Waals surface area (Å²) in [5, 5.41) is 9.61. The number of halogens is 1. The maximum Gasteiger partial charge on any atom is 0.239 e. The van der Waals surface area contributed by atoms with Crippen molar-refractivity contribution >= 4 is 21.7 Å². The number of aromatic hydroxyl groups is 1. The van der Waals surface area contributed by atoms with Gasteiger partial charge in [-0.05, 0) is 43.9 Å². The number of ketones is 1. The van der Waals surface area contributed by atoms with Crippen molar-refractivity contribution in [2.24, 2.45) is 0 Å². The minimum Gasteiger partial charge on any atom is -0.507 e. The summed E-state index contributed by atoms with van der Waals surface area (Å²) in [5.41, 5.74) is 0.147. The van der Waals surface area contributed by atoms with E-state index >= 15 is 0 Å². The number of ether oxygens (including phenoxy) is 2. The fourth-order valence-electron chi connectivity index (χ4n) is 1.32. The molecule has 0 saturated carbocycles. The first-order chi connectivity index (χ1) is 9.08. The minimum atomic E-state index is -0.728. The SMILES string of the molecule is CCOC(C#CC(=O)c1cc(Br)ccc1O)OCC. The van der Waals surface area contributed by atoms with Crippen LogP contribution in [-0.4, -0.2) is 30.4 Å². The van der Waals surface area contributed by atoms with Gasteiger partial charge in [-0.15, -0.1) is 0 Å². The maximum atomic E-state index is 11.9. The Morgan fingerprint density at radius 2 is 2.00 bits per heavy atom. The molecule has 0 radical (unpaired) electrons. The van der Waals surface area contributed by atoms with E-state index in [0.29, 0.717) is 17.7 Å². The molecule has 5 heteroatoms. The van der Waals surface area contributed by atoms with Gasteiger partial charge < -0.3 is 14.6 Å². The van der Waals surface area contributed by atoms with Gasteiger partial charge in [0.25, 0.3) is 0 Å². The molecule has 0 aliphatic heterocycles. The zero-order valence-corrected chi connectivity index (χ0v) is 12.4. The van der Waals surface area contributed by atoms with Gasteiger partial charge in [0, 0.05) is 17.7 Å². The smallest absolute Gasteiger partial charge is 0.239 e. The van der Waals surface area contributed by atoms with Crippen molar-refractivity contribution in [1.29, 1.82) is 0 Å². The van der Waals surface area contributed by atoms with Gasteiger partial charge in [0.1, 0.15) is 5.75 Å². The molecule has 0 amide bonds. The van der Waals surface area contributed by atoms with E-state index in [4.69, 9.17) is 9.47 Å². The van der Waals surface area contributed by atoms with Crippen molar-refractivity contribution < 1.29 is 19.4 Å². The molecular weight excluding hydrogens is 312 g/mol. The molecule has 0 unspecified atom stereocenters. The number of carbonyl (C=O) groups is 1. The van der Waals surface area contributed by atoms with Crippen molar-refractivity contribution in [3.8, 4) is 17.6 Å². The second-order valence-corrected chi connectivity index (χ2v) is 4.42. The number of hydrogen-bond acceptors (Lipinski definition) is 4. The number of hydrogen-bond donors (Lipinski definition) is 1. The Morgan fingerprint density at radius 3 is 2.58 bits per heavy atom. The molecule has 0 heterocycles. The highest BCUT2D eigenvalue weighted by molar-refractivity contribution is 9.10. The number of benzene rings is 1. The molecule has 1 aromatic rings. The fraction of sp³-hybridized carbons (Fsp3) is 0.357. The maximum absolute atomic E-state index is 11.9. The lowest BCUT2D eigenvalue weighted by atomic mass is 10.1. The van der Waals surface area contributed by atoms with Crippen molar-refractivity contribution in [3.63, 3.8) is 0 Å². The number of phenols is 1. The van der Waals surface area contributed by atoms with Gasteiger partial charge in [0.05, 0.1) is 5.56 Å². The van der Waals surface area contributed by atoms with Crippen molar-refractivity contribution in [2.75, 3.05) is 13.2 Å². The normalized spacial score (nSPS) is 10.1. The van der Waals surface area contributed by atoms with Crippen LogP contribution in [0.4, 0.5) is 0 Å². The first-order valence-corrected chi connectivity index (χ1v) is 6.65. The molecule has 4 nitrogen and oxygen atoms in total. The molecule has 0 aliphatic rings. The molecule has 102 valence electrons. The molecule has 0 fully saturated rings. The fourth-order valence-corrected chi connectivity index (χ4v) is 1.68. The highest BCUT2D eigenvalue weighted by atomic mass is 79.9. The Hall–Kier alpha value is -1.35. The monoisotopic (exact) mass is 326 g/mol. The van der Waals surface area contributed by atoms with Gasteiger partial charge in [-0.2, -0.15) is 0 Å². The van der Waals surface area contributed by atoms with E-state index in [2.05, 4.69) is 27.8 Å². The summed E-state index contributed by atoms with van der Waals surface area (Å²) in [7, 11) is 0. The van der Waals surface area contributed by atoms with Crippen LogP contribution in [0.3, 0.4) is 0 Å². The summed E-state index contributed by atoms with van der Waals surface area (Å²) in [4.78, 5) is 11.9. The van der Waals surface area contributed by atoms with E-state index in [9.17, 15) is 9.90 Å². The van der Waals surface area contributed by atoms with E-state index in [0.717, 1.165) is 0 Å². The lowest BCUT2D eigenvalue weighted by Crippen LogP contribution is -2.15. The van der Waals surface area contributed by atoms with Gasteiger partial charge in [0.2, 0.25) is 12.1 Å². The van der Waals surface area contributed by atoms with Crippen LogP contribution in [0, 0.1) is 11.8 Å². The first kappa shape index (κ1) is 15.7. The highest BCUT2D eigenvalue weighted by Gasteiger charge is 2.10. The predicted octanol–water partition coefficient (Wildman–Crippen LogP) is 2.74. The van der Waals surface area contributed by atoms with Crippen LogP contribution in [0.25, 0.3) is 0 Å². The summed E-state index contributed by atoms with van der Waals surface area (Å²) in [6.07, 6.45) is -0.728. The van der Waals surface area contributed by atoms with Gasteiger partial charge in [-0.3, -0.25) is 4.79 Å². The Morgan fingerprint density at radius 1 is 1.37 bits per heavy atom. The quantitative estimate of drug-likeness (QED) is 0.391. The second kappa shape index (κ2) is 7.95. The number of phenolic OH excluding ortho intramolecular Hbond substituents is 1. The van der Waals surface area contributed by atoms with Crippen LogP contribution in [0.5, 0.6) is 5.75 Å². The molecule has 19 heavy (non-hydrogen) atoms. The summed E-state index contributed by atoms with van der Waals surface area (Å²) in [5.74, 6) is 4.43. The van der Waals surface area contributed by atoms with Gasteiger partial charge in [-0.25, -0.2) is 0 Å². The molecule has 0 atom stereocenters. The Bertz CT molecular complexity index is 496. The van der Waals surface area contributed by atoms with Crippen LogP contribution in [0.15, 0.2) is 22.7 Å². The summed E-state index contributed by atoms with van der Waals surface area (Å²) < 4.78 is 11.1. The molecule has 0 aromatic heterocycles. The number of Topliss-reactive ketones (excluding diaryl/α,β-unsaturated/α-hetero) is 1. The minimum absolute atomic E-state index is 0.105. The van der Waals surface area contributed by atoms with E-state index in [-0.39, 0.29) is 11.3 Å². The molecule has 1 aromatic carbocycles. The average molecular weight is 327 g/mol. The van der Waals surface area contributed by atoms with Crippen molar-refractivity contribution in [1.82, 2.24) is 0 Å². The molecule has 1 rings (SSSR count). The highest BCUT2D eigenvalue weighted by Crippen LogP contribution is 2.21. The zero-order chi connectivity index (χ0) is 14.3. The summed E-state index contributed by atoms with van der Waals surface area (Å²) >= 11 is 3.23. The lowest BCUT2D eigenvalue weighted by Gasteiger charge is -2.09.